The molecule has 8 nitrogen and oxygen atoms in total. The van der Waals surface area contributed by atoms with Crippen LogP contribution < -0.4 is 5.56 Å². The monoisotopic (exact) mass is 405 g/mol. The number of nitrogens with zero attached hydrogens (tertiary/aromatic N) is 3. The molecule has 0 saturated heterocycles. The van der Waals surface area contributed by atoms with Gasteiger partial charge in [0.15, 0.2) is 5.16 Å². The number of aromatic nitrogens is 3. The van der Waals surface area contributed by atoms with Gasteiger partial charge in [0, 0.05) is 18.6 Å². The minimum atomic E-state index is -4.09. The van der Waals surface area contributed by atoms with E-state index in [4.69, 9.17) is 0 Å². The van der Waals surface area contributed by atoms with Gasteiger partial charge in [0.2, 0.25) is 9.84 Å². The van der Waals surface area contributed by atoms with E-state index in [-0.39, 0.29) is 15.4 Å². The predicted octanol–water partition coefficient (Wildman–Crippen LogP) is 1.67. The van der Waals surface area contributed by atoms with Crippen molar-refractivity contribution in [2.45, 2.75) is 14.9 Å². The van der Waals surface area contributed by atoms with Gasteiger partial charge in [0.25, 0.3) is 5.56 Å². The van der Waals surface area contributed by atoms with Gasteiger partial charge in [-0.3, -0.25) is 9.36 Å². The van der Waals surface area contributed by atoms with Crippen LogP contribution in [0.25, 0.3) is 11.0 Å². The van der Waals surface area contributed by atoms with Gasteiger partial charge < -0.3 is 4.74 Å². The van der Waals surface area contributed by atoms with Crippen LogP contribution in [0.15, 0.2) is 56.3 Å². The summed E-state index contributed by atoms with van der Waals surface area (Å²) in [7, 11) is -1.40. The number of pyridine rings is 1. The average Bonchev–Trinajstić information content (AvgIpc) is 2.69. The largest absolute Gasteiger partial charge is 0.465 e. The van der Waals surface area contributed by atoms with Crippen LogP contribution in [-0.2, 0) is 21.6 Å². The molecule has 2 aromatic heterocycles. The van der Waals surface area contributed by atoms with E-state index in [0.717, 1.165) is 0 Å². The maximum atomic E-state index is 12.9. The molecule has 3 aromatic rings. The summed E-state index contributed by atoms with van der Waals surface area (Å²) in [6.45, 7) is 0. The molecule has 0 fully saturated rings. The summed E-state index contributed by atoms with van der Waals surface area (Å²) >= 11 is 1.32. The first-order chi connectivity index (χ1) is 12.8. The van der Waals surface area contributed by atoms with Gasteiger partial charge in [-0.25, -0.2) is 23.2 Å². The number of hydrogen-bond donors (Lipinski definition) is 0. The van der Waals surface area contributed by atoms with Gasteiger partial charge in [0.1, 0.15) is 10.5 Å². The van der Waals surface area contributed by atoms with Gasteiger partial charge in [0.05, 0.1) is 17.6 Å². The smallest absolute Gasteiger partial charge is 0.337 e. The van der Waals surface area contributed by atoms with E-state index in [2.05, 4.69) is 14.7 Å². The summed E-state index contributed by atoms with van der Waals surface area (Å²) in [6.07, 6.45) is 3.28. The number of ether oxygens (including phenoxy) is 1. The number of fused-ring (bicyclic) bond motifs is 1. The lowest BCUT2D eigenvalue weighted by molar-refractivity contribution is 0.0600. The van der Waals surface area contributed by atoms with Crippen molar-refractivity contribution in [2.75, 3.05) is 13.4 Å². The Bertz CT molecular complexity index is 1200. The van der Waals surface area contributed by atoms with Crippen LogP contribution in [0.1, 0.15) is 10.4 Å². The highest BCUT2D eigenvalue weighted by Gasteiger charge is 2.24. The zero-order valence-corrected chi connectivity index (χ0v) is 16.3. The van der Waals surface area contributed by atoms with Crippen LogP contribution >= 0.6 is 11.8 Å². The molecule has 0 radical (unpaired) electrons. The Morgan fingerprint density at radius 1 is 1.22 bits per heavy atom. The Kier molecular flexibility index (Phi) is 5.03. The molecule has 0 spiro atoms. The van der Waals surface area contributed by atoms with Crippen LogP contribution in [0.4, 0.5) is 0 Å². The fourth-order valence-electron chi connectivity index (χ4n) is 2.51. The summed E-state index contributed by atoms with van der Waals surface area (Å²) in [5.74, 6) is -0.581. The summed E-state index contributed by atoms with van der Waals surface area (Å²) in [4.78, 5) is 32.1. The number of sulfone groups is 1. The second-order valence-electron chi connectivity index (χ2n) is 5.53. The number of aryl methyl sites for hydroxylation is 1. The van der Waals surface area contributed by atoms with E-state index in [1.54, 1.807) is 6.26 Å². The Labute approximate surface area is 159 Å². The van der Waals surface area contributed by atoms with Crippen molar-refractivity contribution >= 4 is 38.6 Å². The number of thioether (sulfide) groups is 1. The maximum absolute atomic E-state index is 12.9. The lowest BCUT2D eigenvalue weighted by Crippen LogP contribution is -2.25. The number of hydrogen-bond acceptors (Lipinski definition) is 8. The number of carbonyl (C=O) groups excluding carboxylic acids is 1. The highest BCUT2D eigenvalue weighted by atomic mass is 32.2. The van der Waals surface area contributed by atoms with E-state index in [0.29, 0.717) is 16.2 Å². The quantitative estimate of drug-likeness (QED) is 0.366. The summed E-state index contributed by atoms with van der Waals surface area (Å²) in [5, 5.41) is 0.908. The molecule has 0 unspecified atom stereocenters. The first kappa shape index (κ1) is 19.1. The summed E-state index contributed by atoms with van der Waals surface area (Å²) in [5.41, 5.74) is -0.134. The van der Waals surface area contributed by atoms with Crippen LogP contribution in [0.5, 0.6) is 0 Å². The minimum absolute atomic E-state index is 0.103. The van der Waals surface area contributed by atoms with Crippen LogP contribution in [0, 0.1) is 0 Å². The number of rotatable bonds is 4. The second-order valence-corrected chi connectivity index (χ2v) is 8.22. The molecule has 0 saturated carbocycles. The Morgan fingerprint density at radius 3 is 2.48 bits per heavy atom. The first-order valence-electron chi connectivity index (χ1n) is 7.64. The Morgan fingerprint density at radius 2 is 1.89 bits per heavy atom. The second kappa shape index (κ2) is 7.12. The molecule has 0 N–H and O–H groups in total. The molecule has 0 bridgehead atoms. The molecule has 0 aliphatic heterocycles. The fraction of sp³-hybridized carbons (Fsp3) is 0.176. The third-order valence-corrected chi connectivity index (χ3v) is 6.28. The van der Waals surface area contributed by atoms with Crippen molar-refractivity contribution in [1.82, 2.24) is 14.5 Å². The molecule has 0 aliphatic carbocycles. The van der Waals surface area contributed by atoms with Gasteiger partial charge in [-0.05, 0) is 36.6 Å². The van der Waals surface area contributed by atoms with Gasteiger partial charge in [-0.2, -0.15) is 0 Å². The number of benzene rings is 1. The van der Waals surface area contributed by atoms with Crippen molar-refractivity contribution in [1.29, 1.82) is 0 Å². The fourth-order valence-corrected chi connectivity index (χ4v) is 4.24. The van der Waals surface area contributed by atoms with Crippen LogP contribution in [-0.4, -0.2) is 42.3 Å². The SMILES string of the molecule is COC(=O)c1ccc(S(=O)(=O)c2cc3cnc(SC)nc3n(C)c2=O)cc1. The Balaban J connectivity index is 2.17. The van der Waals surface area contributed by atoms with Crippen LogP contribution in [0.2, 0.25) is 0 Å². The zero-order chi connectivity index (χ0) is 19.8. The molecule has 0 amide bonds. The minimum Gasteiger partial charge on any atom is -0.465 e. The predicted molar refractivity (Wildman–Crippen MR) is 99.8 cm³/mol. The molecule has 27 heavy (non-hydrogen) atoms. The van der Waals surface area contributed by atoms with Gasteiger partial charge in [-0.1, -0.05) is 11.8 Å². The van der Waals surface area contributed by atoms with Gasteiger partial charge in [-0.15, -0.1) is 0 Å². The summed E-state index contributed by atoms with van der Waals surface area (Å²) in [6, 6.07) is 6.46. The average molecular weight is 405 g/mol. The van der Waals surface area contributed by atoms with Crippen LogP contribution in [0.3, 0.4) is 0 Å². The zero-order valence-electron chi connectivity index (χ0n) is 14.7. The third kappa shape index (κ3) is 3.33. The third-order valence-electron chi connectivity index (χ3n) is 3.95. The molecule has 0 aliphatic rings. The van der Waals surface area contributed by atoms with E-state index < -0.39 is 21.4 Å². The first-order valence-corrected chi connectivity index (χ1v) is 10.3. The van der Waals surface area contributed by atoms with Crippen molar-refractivity contribution in [2.24, 2.45) is 7.05 Å². The lowest BCUT2D eigenvalue weighted by Gasteiger charge is -2.10. The molecular formula is C17H15N3O5S2. The van der Waals surface area contributed by atoms with Gasteiger partial charge >= 0.3 is 5.97 Å². The maximum Gasteiger partial charge on any atom is 0.337 e. The molecular weight excluding hydrogens is 390 g/mol. The van der Waals surface area contributed by atoms with E-state index in [1.165, 1.54) is 67.0 Å². The van der Waals surface area contributed by atoms with Crippen molar-refractivity contribution < 1.29 is 17.9 Å². The topological polar surface area (TPSA) is 108 Å². The molecule has 1 aromatic carbocycles. The highest BCUT2D eigenvalue weighted by molar-refractivity contribution is 7.98. The van der Waals surface area contributed by atoms with Crippen molar-refractivity contribution in [3.05, 3.63) is 52.4 Å². The molecule has 140 valence electrons. The number of methoxy groups -OCH3 is 1. The molecule has 0 atom stereocenters. The highest BCUT2D eigenvalue weighted by Crippen LogP contribution is 2.22. The lowest BCUT2D eigenvalue weighted by atomic mass is 10.2. The molecule has 2 heterocycles. The Hall–Kier alpha value is -2.72. The molecule has 10 heteroatoms. The number of carbonyl (C=O) groups is 1. The molecule has 3 rings (SSSR count). The van der Waals surface area contributed by atoms with E-state index in [9.17, 15) is 18.0 Å². The number of esters is 1. The normalized spacial score (nSPS) is 11.5. The van der Waals surface area contributed by atoms with Crippen molar-refractivity contribution in [3.8, 4) is 0 Å². The van der Waals surface area contributed by atoms with Crippen molar-refractivity contribution in [3.63, 3.8) is 0 Å². The van der Waals surface area contributed by atoms with E-state index >= 15 is 0 Å². The van der Waals surface area contributed by atoms with E-state index in [1.807, 2.05) is 0 Å². The summed E-state index contributed by atoms with van der Waals surface area (Å²) < 4.78 is 31.7. The standard InChI is InChI=1S/C17H15N3O5S2/c1-20-14-11(9-18-17(19-14)26-3)8-13(15(20)21)27(23,24)12-6-4-10(5-7-12)16(22)25-2/h4-9H,1-3H3.